The summed E-state index contributed by atoms with van der Waals surface area (Å²) >= 11 is 0. The molecular formula is C12H20FN3O. The molecule has 0 radical (unpaired) electrons. The molecule has 1 unspecified atom stereocenters. The molecule has 0 bridgehead atoms. The van der Waals surface area contributed by atoms with Gasteiger partial charge in [-0.25, -0.2) is 4.39 Å². The van der Waals surface area contributed by atoms with E-state index >= 15 is 0 Å². The first kappa shape index (κ1) is 13.9. The molecule has 0 heterocycles. The van der Waals surface area contributed by atoms with Crippen molar-refractivity contribution < 1.29 is 9.13 Å². The predicted octanol–water partition coefficient (Wildman–Crippen LogP) is 0.552. The molecule has 4 nitrogen and oxygen atoms in total. The number of likely N-dealkylation sites (N-methyl/N-ethyl adjacent to an activating group) is 1. The zero-order chi connectivity index (χ0) is 12.8. The van der Waals surface area contributed by atoms with Crippen LogP contribution in [0.5, 0.6) is 5.75 Å². The maximum Gasteiger partial charge on any atom is 0.123 e. The molecule has 5 heteroatoms. The Morgan fingerprint density at radius 3 is 2.76 bits per heavy atom. The summed E-state index contributed by atoms with van der Waals surface area (Å²) in [5, 5.41) is 0. The van der Waals surface area contributed by atoms with Crippen molar-refractivity contribution in [3.05, 3.63) is 29.6 Å². The quantitative estimate of drug-likeness (QED) is 0.763. The lowest BCUT2D eigenvalue weighted by molar-refractivity contribution is 0.298. The van der Waals surface area contributed by atoms with Crippen LogP contribution in [-0.4, -0.2) is 38.2 Å². The number of nitrogens with zero attached hydrogens (tertiary/aromatic N) is 1. The smallest absolute Gasteiger partial charge is 0.123 e. The summed E-state index contributed by atoms with van der Waals surface area (Å²) < 4.78 is 18.3. The molecule has 0 amide bonds. The summed E-state index contributed by atoms with van der Waals surface area (Å²) in [5.74, 6) is 0.414. The maximum absolute atomic E-state index is 13.1. The number of ether oxygens (including phenoxy) is 1. The van der Waals surface area contributed by atoms with Crippen molar-refractivity contribution in [2.75, 3.05) is 27.2 Å². The van der Waals surface area contributed by atoms with Crippen LogP contribution in [0, 0.1) is 5.82 Å². The van der Waals surface area contributed by atoms with Gasteiger partial charge in [-0.1, -0.05) is 0 Å². The summed E-state index contributed by atoms with van der Waals surface area (Å²) in [6, 6.07) is 4.41. The van der Waals surface area contributed by atoms with E-state index < -0.39 is 0 Å². The van der Waals surface area contributed by atoms with Gasteiger partial charge in [-0.05, 0) is 25.2 Å². The zero-order valence-electron chi connectivity index (χ0n) is 10.3. The Bertz CT molecular complexity index is 360. The van der Waals surface area contributed by atoms with E-state index in [0.717, 1.165) is 5.56 Å². The van der Waals surface area contributed by atoms with Gasteiger partial charge in [0.05, 0.1) is 7.11 Å². The molecule has 17 heavy (non-hydrogen) atoms. The minimum atomic E-state index is -0.266. The van der Waals surface area contributed by atoms with Crippen LogP contribution in [-0.2, 0) is 6.54 Å². The van der Waals surface area contributed by atoms with Crippen LogP contribution in [0.2, 0.25) is 0 Å². The van der Waals surface area contributed by atoms with Gasteiger partial charge in [-0.3, -0.25) is 0 Å². The molecule has 0 aromatic heterocycles. The van der Waals surface area contributed by atoms with E-state index in [2.05, 4.69) is 0 Å². The normalized spacial score (nSPS) is 12.8. The van der Waals surface area contributed by atoms with Gasteiger partial charge < -0.3 is 21.1 Å². The number of rotatable bonds is 6. The van der Waals surface area contributed by atoms with Crippen LogP contribution >= 0.6 is 0 Å². The molecule has 96 valence electrons. The van der Waals surface area contributed by atoms with Crippen molar-refractivity contribution in [3.63, 3.8) is 0 Å². The highest BCUT2D eigenvalue weighted by Gasteiger charge is 2.10. The molecule has 0 saturated carbocycles. The zero-order valence-corrected chi connectivity index (χ0v) is 10.3. The fourth-order valence-electron chi connectivity index (χ4n) is 1.70. The lowest BCUT2D eigenvalue weighted by Crippen LogP contribution is -2.40. The lowest BCUT2D eigenvalue weighted by atomic mass is 10.1. The summed E-state index contributed by atoms with van der Waals surface area (Å²) in [5.41, 5.74) is 12.0. The number of methoxy groups -OCH3 is 1. The van der Waals surface area contributed by atoms with Gasteiger partial charge in [0.25, 0.3) is 0 Å². The number of halogens is 1. The fourth-order valence-corrected chi connectivity index (χ4v) is 1.70. The van der Waals surface area contributed by atoms with Crippen LogP contribution in [0.1, 0.15) is 5.56 Å². The molecule has 1 aromatic carbocycles. The average molecular weight is 241 g/mol. The highest BCUT2D eigenvalue weighted by atomic mass is 19.1. The lowest BCUT2D eigenvalue weighted by Gasteiger charge is -2.21. The summed E-state index contributed by atoms with van der Waals surface area (Å²) in [7, 11) is 3.49. The van der Waals surface area contributed by atoms with Crippen LogP contribution in [0.4, 0.5) is 4.39 Å². The minimum absolute atomic E-state index is 0.0699. The second kappa shape index (κ2) is 6.54. The summed E-state index contributed by atoms with van der Waals surface area (Å²) in [6.45, 7) is 1.68. The van der Waals surface area contributed by atoms with Crippen LogP contribution in [0.25, 0.3) is 0 Å². The molecule has 0 spiro atoms. The number of nitrogens with two attached hydrogens (primary N) is 2. The molecule has 1 aromatic rings. The molecular weight excluding hydrogens is 221 g/mol. The monoisotopic (exact) mass is 241 g/mol. The van der Waals surface area contributed by atoms with Crippen LogP contribution < -0.4 is 16.2 Å². The second-order valence-corrected chi connectivity index (χ2v) is 4.15. The Morgan fingerprint density at radius 1 is 1.47 bits per heavy atom. The SMILES string of the molecule is COc1ccc(F)cc1CN(C)CC(N)CN. The van der Waals surface area contributed by atoms with E-state index in [4.69, 9.17) is 16.2 Å². The van der Waals surface area contributed by atoms with Crippen molar-refractivity contribution in [3.8, 4) is 5.75 Å². The van der Waals surface area contributed by atoms with Gasteiger partial charge >= 0.3 is 0 Å². The van der Waals surface area contributed by atoms with Crippen molar-refractivity contribution >= 4 is 0 Å². The molecule has 0 aliphatic heterocycles. The van der Waals surface area contributed by atoms with Crippen LogP contribution in [0.15, 0.2) is 18.2 Å². The van der Waals surface area contributed by atoms with E-state index in [1.54, 1.807) is 13.2 Å². The highest BCUT2D eigenvalue weighted by Crippen LogP contribution is 2.20. The molecule has 0 aliphatic rings. The maximum atomic E-state index is 13.1. The number of benzene rings is 1. The van der Waals surface area contributed by atoms with Crippen molar-refractivity contribution in [1.29, 1.82) is 0 Å². The van der Waals surface area contributed by atoms with Crippen molar-refractivity contribution in [2.45, 2.75) is 12.6 Å². The van der Waals surface area contributed by atoms with E-state index in [1.807, 2.05) is 11.9 Å². The average Bonchev–Trinajstić information content (AvgIpc) is 2.29. The Labute approximate surface area is 101 Å². The molecule has 0 aliphatic carbocycles. The fraction of sp³-hybridized carbons (Fsp3) is 0.500. The topological polar surface area (TPSA) is 64.5 Å². The Hall–Kier alpha value is -1.17. The summed E-state index contributed by atoms with van der Waals surface area (Å²) in [6.07, 6.45) is 0. The second-order valence-electron chi connectivity index (χ2n) is 4.15. The van der Waals surface area contributed by atoms with Gasteiger partial charge in [0.2, 0.25) is 0 Å². The minimum Gasteiger partial charge on any atom is -0.496 e. The molecule has 4 N–H and O–H groups in total. The Kier molecular flexibility index (Phi) is 5.34. The van der Waals surface area contributed by atoms with Gasteiger partial charge in [0, 0.05) is 31.2 Å². The molecule has 1 rings (SSSR count). The van der Waals surface area contributed by atoms with Crippen molar-refractivity contribution in [1.82, 2.24) is 4.90 Å². The van der Waals surface area contributed by atoms with Crippen LogP contribution in [0.3, 0.4) is 0 Å². The first-order chi connectivity index (χ1) is 8.06. The van der Waals surface area contributed by atoms with Gasteiger partial charge in [0.15, 0.2) is 0 Å². The van der Waals surface area contributed by atoms with Gasteiger partial charge in [-0.15, -0.1) is 0 Å². The van der Waals surface area contributed by atoms with E-state index in [0.29, 0.717) is 25.4 Å². The molecule has 1 atom stereocenters. The number of hydrogen-bond donors (Lipinski definition) is 2. The van der Waals surface area contributed by atoms with Gasteiger partial charge in [0.1, 0.15) is 11.6 Å². The molecule has 0 fully saturated rings. The largest absolute Gasteiger partial charge is 0.496 e. The van der Waals surface area contributed by atoms with E-state index in [1.165, 1.54) is 12.1 Å². The highest BCUT2D eigenvalue weighted by molar-refractivity contribution is 5.33. The predicted molar refractivity (Wildman–Crippen MR) is 66.3 cm³/mol. The Balaban J connectivity index is 2.69. The first-order valence-corrected chi connectivity index (χ1v) is 5.53. The third kappa shape index (κ3) is 4.30. The first-order valence-electron chi connectivity index (χ1n) is 5.53. The van der Waals surface area contributed by atoms with E-state index in [9.17, 15) is 4.39 Å². The van der Waals surface area contributed by atoms with Crippen molar-refractivity contribution in [2.24, 2.45) is 11.5 Å². The standard InChI is InChI=1S/C12H20FN3O/c1-16(8-11(15)6-14)7-9-5-10(13)3-4-12(9)17-2/h3-5,11H,6-8,14-15H2,1-2H3. The van der Waals surface area contributed by atoms with E-state index in [-0.39, 0.29) is 11.9 Å². The third-order valence-corrected chi connectivity index (χ3v) is 2.53. The third-order valence-electron chi connectivity index (χ3n) is 2.53. The molecule has 0 saturated heterocycles. The summed E-state index contributed by atoms with van der Waals surface area (Å²) in [4.78, 5) is 1.99. The Morgan fingerprint density at radius 2 is 2.18 bits per heavy atom. The van der Waals surface area contributed by atoms with Gasteiger partial charge in [-0.2, -0.15) is 0 Å². The number of hydrogen-bond acceptors (Lipinski definition) is 4.